The van der Waals surface area contributed by atoms with Crippen LogP contribution >= 0.6 is 34.4 Å². The Bertz CT molecular complexity index is 864. The van der Waals surface area contributed by atoms with Gasteiger partial charge in [-0.1, -0.05) is 17.8 Å². The number of hydrogen-bond acceptors (Lipinski definition) is 8. The fourth-order valence-corrected chi connectivity index (χ4v) is 4.23. The van der Waals surface area contributed by atoms with Gasteiger partial charge in [-0.2, -0.15) is 0 Å². The lowest BCUT2D eigenvalue weighted by atomic mass is 10.3. The number of carbonyl (C=O) groups is 2. The highest BCUT2D eigenvalue weighted by Gasteiger charge is 2.18. The molecule has 0 aliphatic rings. The molecule has 0 radical (unpaired) electrons. The van der Waals surface area contributed by atoms with Crippen LogP contribution in [0.4, 0.5) is 0 Å². The van der Waals surface area contributed by atoms with Crippen LogP contribution in [0.5, 0.6) is 0 Å². The quantitative estimate of drug-likeness (QED) is 0.377. The van der Waals surface area contributed by atoms with Gasteiger partial charge in [0.25, 0.3) is 5.91 Å². The van der Waals surface area contributed by atoms with Crippen molar-refractivity contribution in [3.05, 3.63) is 40.2 Å². The number of amides is 1. The molecule has 0 aromatic carbocycles. The van der Waals surface area contributed by atoms with Crippen LogP contribution in [0, 0.1) is 0 Å². The number of ether oxygens (including phenoxy) is 1. The van der Waals surface area contributed by atoms with Gasteiger partial charge in [-0.15, -0.1) is 22.7 Å². The van der Waals surface area contributed by atoms with Crippen molar-refractivity contribution < 1.29 is 14.3 Å². The van der Waals surface area contributed by atoms with Crippen LogP contribution in [0.2, 0.25) is 0 Å². The highest BCUT2D eigenvalue weighted by atomic mass is 32.2. The number of carbonyl (C=O) groups excluding carboxylic acids is 2. The third kappa shape index (κ3) is 4.77. The Hall–Kier alpha value is -1.97. The van der Waals surface area contributed by atoms with Crippen molar-refractivity contribution in [2.45, 2.75) is 24.6 Å². The third-order valence-electron chi connectivity index (χ3n) is 3.25. The van der Waals surface area contributed by atoms with Gasteiger partial charge in [0, 0.05) is 10.3 Å². The zero-order chi connectivity index (χ0) is 17.6. The Labute approximate surface area is 156 Å². The normalized spacial score (nSPS) is 12.0. The fourth-order valence-electron chi connectivity index (χ4n) is 2.03. The minimum atomic E-state index is -0.834. The van der Waals surface area contributed by atoms with E-state index < -0.39 is 12.1 Å². The van der Waals surface area contributed by atoms with Gasteiger partial charge in [-0.3, -0.25) is 9.59 Å². The first kappa shape index (κ1) is 17.8. The molecule has 0 fully saturated rings. The topological polar surface area (TPSA) is 81.2 Å². The highest BCUT2D eigenvalue weighted by Crippen LogP contribution is 2.27. The van der Waals surface area contributed by atoms with E-state index in [9.17, 15) is 9.59 Å². The molecule has 0 aliphatic heterocycles. The number of nitrogens with zero attached hydrogens (tertiary/aromatic N) is 2. The lowest BCUT2D eigenvalue weighted by Crippen LogP contribution is -2.35. The van der Waals surface area contributed by atoms with Gasteiger partial charge in [0.2, 0.25) is 0 Å². The number of nitrogens with one attached hydrogen (secondary N) is 1. The molecule has 9 heteroatoms. The van der Waals surface area contributed by atoms with Crippen LogP contribution in [-0.4, -0.2) is 33.7 Å². The molecule has 0 aliphatic carbocycles. The summed E-state index contributed by atoms with van der Waals surface area (Å²) in [5.41, 5.74) is 0. The summed E-state index contributed by atoms with van der Waals surface area (Å²) < 4.78 is 5.19. The molecule has 3 aromatic rings. The molecule has 0 bridgehead atoms. The van der Waals surface area contributed by atoms with Gasteiger partial charge >= 0.3 is 5.97 Å². The highest BCUT2D eigenvalue weighted by molar-refractivity contribution is 8.00. The van der Waals surface area contributed by atoms with Crippen molar-refractivity contribution in [2.75, 3.05) is 5.75 Å². The summed E-state index contributed by atoms with van der Waals surface area (Å²) in [6.07, 6.45) is 0.646. The molecule has 0 unspecified atom stereocenters. The van der Waals surface area contributed by atoms with E-state index >= 15 is 0 Å². The molecule has 0 saturated carbocycles. The number of esters is 1. The maximum absolute atomic E-state index is 12.0. The van der Waals surface area contributed by atoms with E-state index in [2.05, 4.69) is 15.3 Å². The Morgan fingerprint density at radius 2 is 2.16 bits per heavy atom. The zero-order valence-corrected chi connectivity index (χ0v) is 15.7. The lowest BCUT2D eigenvalue weighted by Gasteiger charge is -2.13. The first-order chi connectivity index (χ1) is 12.1. The number of aromatic nitrogens is 2. The van der Waals surface area contributed by atoms with Crippen LogP contribution in [0.25, 0.3) is 10.2 Å². The van der Waals surface area contributed by atoms with Crippen LogP contribution in [0.15, 0.2) is 40.3 Å². The van der Waals surface area contributed by atoms with Crippen LogP contribution in [0.1, 0.15) is 11.8 Å². The van der Waals surface area contributed by atoms with Crippen molar-refractivity contribution in [2.24, 2.45) is 0 Å². The van der Waals surface area contributed by atoms with Gasteiger partial charge < -0.3 is 10.1 Å². The van der Waals surface area contributed by atoms with Gasteiger partial charge in [-0.05, 0) is 29.8 Å². The van der Waals surface area contributed by atoms with E-state index in [4.69, 9.17) is 4.74 Å². The monoisotopic (exact) mass is 393 g/mol. The molecule has 0 saturated heterocycles. The number of hydrogen-bond donors (Lipinski definition) is 1. The Kier molecular flexibility index (Phi) is 6.00. The summed E-state index contributed by atoms with van der Waals surface area (Å²) in [7, 11) is 0. The summed E-state index contributed by atoms with van der Waals surface area (Å²) in [5, 5.41) is 8.29. The zero-order valence-electron chi connectivity index (χ0n) is 13.3. The fraction of sp³-hybridized carbons (Fsp3) is 0.250. The molecule has 25 heavy (non-hydrogen) atoms. The standard InChI is InChI=1S/C16H15N3O3S3/c1-10(14(21)17-7-11-3-2-5-23-11)22-13(20)8-25-16-12-4-6-24-15(12)18-9-19-16/h2-6,9-10H,7-8H2,1H3,(H,17,21)/t10-/m0/s1. The van der Waals surface area contributed by atoms with Crippen LogP contribution < -0.4 is 5.32 Å². The maximum Gasteiger partial charge on any atom is 0.317 e. The predicted molar refractivity (Wildman–Crippen MR) is 99.9 cm³/mol. The van der Waals surface area contributed by atoms with Crippen LogP contribution in [-0.2, 0) is 20.9 Å². The molecule has 3 rings (SSSR count). The molecular formula is C16H15N3O3S3. The first-order valence-corrected chi connectivity index (χ1v) is 10.2. The smallest absolute Gasteiger partial charge is 0.317 e. The van der Waals surface area contributed by atoms with E-state index in [0.29, 0.717) is 6.54 Å². The average Bonchev–Trinajstić information content (AvgIpc) is 3.29. The van der Waals surface area contributed by atoms with E-state index in [-0.39, 0.29) is 11.7 Å². The Morgan fingerprint density at radius 1 is 1.28 bits per heavy atom. The van der Waals surface area contributed by atoms with Crippen molar-refractivity contribution in [1.29, 1.82) is 0 Å². The molecule has 130 valence electrons. The van der Waals surface area contributed by atoms with Crippen molar-refractivity contribution in [3.63, 3.8) is 0 Å². The molecule has 1 atom stereocenters. The molecule has 0 spiro atoms. The van der Waals surface area contributed by atoms with E-state index in [0.717, 1.165) is 20.1 Å². The Balaban J connectivity index is 1.46. The van der Waals surface area contributed by atoms with Gasteiger partial charge in [-0.25, -0.2) is 9.97 Å². The maximum atomic E-state index is 12.0. The number of thioether (sulfide) groups is 1. The second kappa shape index (κ2) is 8.41. The van der Waals surface area contributed by atoms with E-state index in [1.54, 1.807) is 18.3 Å². The van der Waals surface area contributed by atoms with Gasteiger partial charge in [0.05, 0.1) is 12.3 Å². The third-order valence-corrected chi connectivity index (χ3v) is 5.92. The van der Waals surface area contributed by atoms with Crippen LogP contribution in [0.3, 0.4) is 0 Å². The predicted octanol–water partition coefficient (Wildman–Crippen LogP) is 3.09. The first-order valence-electron chi connectivity index (χ1n) is 7.44. The summed E-state index contributed by atoms with van der Waals surface area (Å²) >= 11 is 4.36. The molecule has 1 amide bonds. The van der Waals surface area contributed by atoms with Gasteiger partial charge in [0.15, 0.2) is 6.10 Å². The van der Waals surface area contributed by atoms with Gasteiger partial charge in [0.1, 0.15) is 16.2 Å². The second-order valence-electron chi connectivity index (χ2n) is 5.04. The molecule has 1 N–H and O–H groups in total. The van der Waals surface area contributed by atoms with E-state index in [1.807, 2.05) is 29.0 Å². The van der Waals surface area contributed by atoms with Crippen molar-refractivity contribution >= 4 is 56.5 Å². The van der Waals surface area contributed by atoms with Crippen molar-refractivity contribution in [1.82, 2.24) is 15.3 Å². The van der Waals surface area contributed by atoms with Crippen molar-refractivity contribution in [3.8, 4) is 0 Å². The number of thiophene rings is 2. The number of rotatable bonds is 7. The largest absolute Gasteiger partial charge is 0.452 e. The summed E-state index contributed by atoms with van der Waals surface area (Å²) in [5.74, 6) is -0.676. The summed E-state index contributed by atoms with van der Waals surface area (Å²) in [4.78, 5) is 34.2. The second-order valence-corrected chi connectivity index (χ2v) is 7.93. The molecule has 3 aromatic heterocycles. The molecule has 3 heterocycles. The summed E-state index contributed by atoms with van der Waals surface area (Å²) in [6, 6.07) is 5.78. The molecular weight excluding hydrogens is 378 g/mol. The Morgan fingerprint density at radius 3 is 2.96 bits per heavy atom. The lowest BCUT2D eigenvalue weighted by molar-refractivity contribution is -0.152. The molecule has 6 nitrogen and oxygen atoms in total. The summed E-state index contributed by atoms with van der Waals surface area (Å²) in [6.45, 7) is 2.00. The average molecular weight is 394 g/mol. The number of fused-ring (bicyclic) bond motifs is 1. The minimum Gasteiger partial charge on any atom is -0.452 e. The minimum absolute atomic E-state index is 0.0878. The SMILES string of the molecule is C[C@H](OC(=O)CSc1ncnc2sccc12)C(=O)NCc1cccs1. The van der Waals surface area contributed by atoms with E-state index in [1.165, 1.54) is 29.4 Å².